The number of methoxy groups -OCH3 is 1. The molecule has 2 N–H and O–H groups in total. The van der Waals surface area contributed by atoms with Gasteiger partial charge in [0.2, 0.25) is 0 Å². The van der Waals surface area contributed by atoms with Crippen LogP contribution in [0.1, 0.15) is 58.4 Å². The molecule has 37 heavy (non-hydrogen) atoms. The lowest BCUT2D eigenvalue weighted by Crippen LogP contribution is -2.57. The lowest BCUT2D eigenvalue weighted by atomic mass is 9.81. The highest BCUT2D eigenvalue weighted by atomic mass is 35.5. The zero-order chi connectivity index (χ0) is 26.3. The fourth-order valence-corrected chi connectivity index (χ4v) is 6.17. The Labute approximate surface area is 222 Å². The number of nitrogens with zero attached hydrogens (tertiary/aromatic N) is 1. The molecule has 2 aromatic rings. The van der Waals surface area contributed by atoms with Crippen LogP contribution in [-0.2, 0) is 11.3 Å². The van der Waals surface area contributed by atoms with Crippen LogP contribution in [0.25, 0.3) is 0 Å². The maximum absolute atomic E-state index is 13.1. The molecule has 5 rings (SSSR count). The SMILES string of the molecule is COC1CN([C@H]2CC[C@@H]([C@H]3COc4c(Cl)cc(C(=O)NCc5c(C)cc(C)[nH]c5=O)c(C)c4O3)CC2)C1. The van der Waals surface area contributed by atoms with E-state index in [1.54, 1.807) is 13.2 Å². The number of aryl methyl sites for hydroxylation is 2. The van der Waals surface area contributed by atoms with Gasteiger partial charge in [0.05, 0.1) is 11.1 Å². The van der Waals surface area contributed by atoms with Gasteiger partial charge in [-0.25, -0.2) is 0 Å². The van der Waals surface area contributed by atoms with Crippen LogP contribution in [0.5, 0.6) is 11.5 Å². The van der Waals surface area contributed by atoms with Crippen LogP contribution in [0.3, 0.4) is 0 Å². The molecule has 0 radical (unpaired) electrons. The number of ether oxygens (including phenoxy) is 3. The molecule has 1 aromatic heterocycles. The molecule has 0 spiro atoms. The van der Waals surface area contributed by atoms with Gasteiger partial charge < -0.3 is 24.5 Å². The number of fused-ring (bicyclic) bond motifs is 1. The highest BCUT2D eigenvalue weighted by Gasteiger charge is 2.38. The van der Waals surface area contributed by atoms with E-state index >= 15 is 0 Å². The van der Waals surface area contributed by atoms with Crippen LogP contribution in [0.4, 0.5) is 0 Å². The number of rotatable bonds is 6. The van der Waals surface area contributed by atoms with Gasteiger partial charge in [-0.3, -0.25) is 14.5 Å². The van der Waals surface area contributed by atoms with Crippen LogP contribution in [0, 0.1) is 26.7 Å². The van der Waals surface area contributed by atoms with Gasteiger partial charge in [-0.1, -0.05) is 11.6 Å². The predicted molar refractivity (Wildman–Crippen MR) is 142 cm³/mol. The number of likely N-dealkylation sites (tertiary alicyclic amines) is 1. The maximum atomic E-state index is 13.1. The Kier molecular flexibility index (Phi) is 7.52. The third-order valence-electron chi connectivity index (χ3n) is 8.26. The molecule has 1 amide bonds. The summed E-state index contributed by atoms with van der Waals surface area (Å²) in [6.07, 6.45) is 4.77. The number of halogens is 1. The van der Waals surface area contributed by atoms with Crippen molar-refractivity contribution < 1.29 is 19.0 Å². The summed E-state index contributed by atoms with van der Waals surface area (Å²) in [7, 11) is 1.78. The summed E-state index contributed by atoms with van der Waals surface area (Å²) < 4.78 is 18.0. The van der Waals surface area contributed by atoms with Crippen LogP contribution >= 0.6 is 11.6 Å². The maximum Gasteiger partial charge on any atom is 0.253 e. The summed E-state index contributed by atoms with van der Waals surface area (Å²) >= 11 is 6.53. The zero-order valence-electron chi connectivity index (χ0n) is 22.0. The Balaban J connectivity index is 1.25. The van der Waals surface area contributed by atoms with Gasteiger partial charge in [-0.2, -0.15) is 0 Å². The molecule has 200 valence electrons. The minimum absolute atomic E-state index is 0.0709. The van der Waals surface area contributed by atoms with Crippen molar-refractivity contribution in [3.8, 4) is 11.5 Å². The average molecular weight is 530 g/mol. The second-order valence-electron chi connectivity index (χ2n) is 10.7. The van der Waals surface area contributed by atoms with E-state index in [0.29, 0.717) is 57.9 Å². The number of carbonyl (C=O) groups is 1. The molecule has 1 aliphatic carbocycles. The third kappa shape index (κ3) is 5.24. The summed E-state index contributed by atoms with van der Waals surface area (Å²) in [5.74, 6) is 1.14. The fourth-order valence-electron chi connectivity index (χ4n) is 5.92. The third-order valence-corrected chi connectivity index (χ3v) is 8.54. The molecule has 1 saturated carbocycles. The topological polar surface area (TPSA) is 92.9 Å². The van der Waals surface area contributed by atoms with Crippen LogP contribution in [0.2, 0.25) is 5.02 Å². The predicted octanol–water partition coefficient (Wildman–Crippen LogP) is 3.91. The molecule has 9 heteroatoms. The Morgan fingerprint density at radius 2 is 1.89 bits per heavy atom. The van der Waals surface area contributed by atoms with Crippen LogP contribution in [-0.4, -0.2) is 60.8 Å². The standard InChI is InChI=1S/C28H36ClN3O5/c1-15-9-16(2)31-28(34)22(15)11-30-27(33)21-10-23(29)26-25(17(21)3)37-24(14-36-26)18-5-7-19(8-6-18)32-12-20(13-32)35-4/h9-10,18-20,24H,5-8,11-14H2,1-4H3,(H,30,33)(H,31,34)/t18-,19+,24-/m1/s1. The summed E-state index contributed by atoms with van der Waals surface area (Å²) in [4.78, 5) is 30.8. The lowest BCUT2D eigenvalue weighted by molar-refractivity contribution is -0.0649. The highest BCUT2D eigenvalue weighted by Crippen LogP contribution is 2.45. The van der Waals surface area contributed by atoms with Gasteiger partial charge in [-0.05, 0) is 70.1 Å². The van der Waals surface area contributed by atoms with Crippen LogP contribution in [0.15, 0.2) is 16.9 Å². The van der Waals surface area contributed by atoms with Gasteiger partial charge in [0.1, 0.15) is 12.7 Å². The number of hydrogen-bond acceptors (Lipinski definition) is 6. The molecule has 1 aromatic carbocycles. The average Bonchev–Trinajstić information content (AvgIpc) is 2.85. The first-order chi connectivity index (χ1) is 17.7. The van der Waals surface area contributed by atoms with E-state index in [2.05, 4.69) is 15.2 Å². The van der Waals surface area contributed by atoms with Crippen molar-refractivity contribution in [2.75, 3.05) is 26.8 Å². The summed E-state index contributed by atoms with van der Waals surface area (Å²) in [5, 5.41) is 3.22. The van der Waals surface area contributed by atoms with E-state index in [9.17, 15) is 9.59 Å². The number of H-pyrrole nitrogens is 1. The Bertz CT molecular complexity index is 1230. The highest BCUT2D eigenvalue weighted by molar-refractivity contribution is 6.32. The minimum Gasteiger partial charge on any atom is -0.484 e. The molecule has 3 aliphatic rings. The molecule has 2 fully saturated rings. The van der Waals surface area contributed by atoms with Gasteiger partial charge in [0.25, 0.3) is 11.5 Å². The Hall–Kier alpha value is -2.55. The van der Waals surface area contributed by atoms with Crippen LogP contribution < -0.4 is 20.3 Å². The molecule has 2 aliphatic heterocycles. The first kappa shape index (κ1) is 26.1. The molecular weight excluding hydrogens is 494 g/mol. The Morgan fingerprint density at radius 1 is 1.16 bits per heavy atom. The minimum atomic E-state index is -0.309. The monoisotopic (exact) mass is 529 g/mol. The number of amides is 1. The van der Waals surface area contributed by atoms with E-state index in [4.69, 9.17) is 25.8 Å². The number of nitrogens with one attached hydrogen (secondary N) is 2. The molecule has 0 unspecified atom stereocenters. The largest absolute Gasteiger partial charge is 0.484 e. The summed E-state index contributed by atoms with van der Waals surface area (Å²) in [5.41, 5.74) is 3.07. The van der Waals surface area contributed by atoms with Crippen molar-refractivity contribution in [2.24, 2.45) is 5.92 Å². The van der Waals surface area contributed by atoms with Gasteiger partial charge in [0.15, 0.2) is 11.5 Å². The quantitative estimate of drug-likeness (QED) is 0.589. The summed E-state index contributed by atoms with van der Waals surface area (Å²) in [6.45, 7) is 8.19. The molecule has 8 nitrogen and oxygen atoms in total. The fraction of sp³-hybridized carbons (Fsp3) is 0.571. The molecular formula is C28H36ClN3O5. The van der Waals surface area contributed by atoms with Crippen molar-refractivity contribution in [2.45, 2.75) is 71.2 Å². The van der Waals surface area contributed by atoms with E-state index in [0.717, 1.165) is 50.0 Å². The van der Waals surface area contributed by atoms with Crippen molar-refractivity contribution in [1.82, 2.24) is 15.2 Å². The van der Waals surface area contributed by atoms with Crippen molar-refractivity contribution in [3.05, 3.63) is 55.5 Å². The lowest BCUT2D eigenvalue weighted by Gasteiger charge is -2.46. The normalized spacial score (nSPS) is 24.0. The second kappa shape index (κ2) is 10.7. The number of hydrogen-bond donors (Lipinski definition) is 2. The van der Waals surface area contributed by atoms with Crippen molar-refractivity contribution >= 4 is 17.5 Å². The first-order valence-electron chi connectivity index (χ1n) is 13.1. The first-order valence-corrected chi connectivity index (χ1v) is 13.5. The number of benzene rings is 1. The molecule has 3 heterocycles. The van der Waals surface area contributed by atoms with Gasteiger partial charge in [0, 0.05) is 55.2 Å². The van der Waals surface area contributed by atoms with E-state index in [1.165, 1.54) is 0 Å². The van der Waals surface area contributed by atoms with E-state index in [-0.39, 0.29) is 24.1 Å². The summed E-state index contributed by atoms with van der Waals surface area (Å²) in [6, 6.07) is 4.13. The van der Waals surface area contributed by atoms with Crippen molar-refractivity contribution in [1.29, 1.82) is 0 Å². The van der Waals surface area contributed by atoms with Gasteiger partial charge >= 0.3 is 0 Å². The second-order valence-corrected chi connectivity index (χ2v) is 11.1. The van der Waals surface area contributed by atoms with Crippen molar-refractivity contribution in [3.63, 3.8) is 0 Å². The van der Waals surface area contributed by atoms with E-state index in [1.807, 2.05) is 26.8 Å². The number of carbonyl (C=O) groups excluding carboxylic acids is 1. The number of pyridine rings is 1. The van der Waals surface area contributed by atoms with E-state index < -0.39 is 0 Å². The smallest absolute Gasteiger partial charge is 0.253 e. The molecule has 0 bridgehead atoms. The zero-order valence-corrected chi connectivity index (χ0v) is 22.7. The van der Waals surface area contributed by atoms with Gasteiger partial charge in [-0.15, -0.1) is 0 Å². The Morgan fingerprint density at radius 3 is 2.57 bits per heavy atom. The molecule has 1 atom stereocenters. The number of aromatic nitrogens is 1. The number of aromatic amines is 1. The molecule has 1 saturated heterocycles.